The summed E-state index contributed by atoms with van der Waals surface area (Å²) in [5.41, 5.74) is 18.6. The molecule has 0 spiro atoms. The molecule has 0 saturated carbocycles. The highest BCUT2D eigenvalue weighted by molar-refractivity contribution is 9.11. The number of hydrogen-bond acceptors (Lipinski definition) is 5. The summed E-state index contributed by atoms with van der Waals surface area (Å²) < 4.78 is 8.54. The number of hydrogen-bond donors (Lipinski definition) is 3. The van der Waals surface area contributed by atoms with Gasteiger partial charge in [-0.1, -0.05) is 127 Å². The molecule has 0 fully saturated rings. The molecule has 9 heteroatoms. The molecule has 0 bridgehead atoms. The van der Waals surface area contributed by atoms with Crippen molar-refractivity contribution in [2.75, 3.05) is 16.9 Å². The Bertz CT molecular complexity index is 2170. The maximum atomic E-state index is 12.6. The van der Waals surface area contributed by atoms with Crippen molar-refractivity contribution in [3.05, 3.63) is 159 Å². The Morgan fingerprint density at radius 1 is 0.930 bits per heavy atom. The van der Waals surface area contributed by atoms with Gasteiger partial charge in [0.1, 0.15) is 6.73 Å². The van der Waals surface area contributed by atoms with E-state index >= 15 is 0 Å². The Morgan fingerprint density at radius 2 is 1.65 bits per heavy atom. The van der Waals surface area contributed by atoms with E-state index in [0.29, 0.717) is 13.3 Å². The lowest BCUT2D eigenvalue weighted by Crippen LogP contribution is -2.40. The molecular weight excluding hydrogens is 838 g/mol. The zero-order valence-corrected chi connectivity index (χ0v) is 37.2. The van der Waals surface area contributed by atoms with E-state index in [1.54, 1.807) is 0 Å². The normalized spacial score (nSPS) is 20.0. The number of carbonyl (C=O) groups is 1. The lowest BCUT2D eigenvalue weighted by Gasteiger charge is -2.26. The molecule has 2 heterocycles. The molecule has 4 N–H and O–H groups in total. The number of halogens is 2. The Morgan fingerprint density at radius 3 is 2.37 bits per heavy atom. The van der Waals surface area contributed by atoms with E-state index in [0.717, 1.165) is 42.6 Å². The van der Waals surface area contributed by atoms with Crippen molar-refractivity contribution in [1.29, 1.82) is 0 Å². The standard InChI is InChI=1S/C48H55Br2N5O2/c1-7-33(2)44(51)46(56)53-37-23-19-34(20-24-37)31-57-32-52-45-35(21-25-42-47(3,4)38-15-8-10-17-40(38)54(42)29-27-49)13-12-14-36(45)22-26-43-48(5,6)39-16-9-11-18-41(39)55(43)30-28-50/h8-11,15-30,33,44H,7,12-14,31-32,51H2,1-6H3,(H,53,56)/p+1/b29-27+,30-28+,35-21+,42-25+. The smallest absolute Gasteiger partial charge is 0.241 e. The SMILES string of the molecule is CCC(C)C(N)C(=O)Nc1ccc(COCNC2=C(/C=C/C3=[N+](/C=C/Br)c4ccccc4C3(C)C)CCC/C2=C\C=C2\N(/C=C/Br)c3ccccc3C2(C)C)cc1. The number of nitrogens with one attached hydrogen (secondary N) is 2. The van der Waals surface area contributed by atoms with Crippen LogP contribution in [0.15, 0.2) is 142 Å². The number of ether oxygens (including phenoxy) is 1. The van der Waals surface area contributed by atoms with Crippen molar-refractivity contribution in [3.8, 4) is 0 Å². The van der Waals surface area contributed by atoms with Crippen molar-refractivity contribution < 1.29 is 14.1 Å². The van der Waals surface area contributed by atoms with Gasteiger partial charge >= 0.3 is 0 Å². The van der Waals surface area contributed by atoms with Crippen LogP contribution in [0, 0.1) is 5.92 Å². The average molecular weight is 895 g/mol. The van der Waals surface area contributed by atoms with Crippen LogP contribution >= 0.6 is 31.9 Å². The van der Waals surface area contributed by atoms with Gasteiger partial charge in [0.15, 0.2) is 11.9 Å². The minimum atomic E-state index is -0.538. The summed E-state index contributed by atoms with van der Waals surface area (Å²) in [7, 11) is 0. The van der Waals surface area contributed by atoms with E-state index in [4.69, 9.17) is 10.5 Å². The van der Waals surface area contributed by atoms with Crippen LogP contribution in [0.5, 0.6) is 0 Å². The minimum Gasteiger partial charge on any atom is -0.362 e. The van der Waals surface area contributed by atoms with Gasteiger partial charge in [-0.2, -0.15) is 4.58 Å². The number of para-hydroxylation sites is 2. The molecule has 0 aromatic heterocycles. The van der Waals surface area contributed by atoms with Gasteiger partial charge in [0.25, 0.3) is 0 Å². The van der Waals surface area contributed by atoms with Crippen LogP contribution < -0.4 is 21.3 Å². The van der Waals surface area contributed by atoms with E-state index in [1.807, 2.05) is 48.1 Å². The number of nitrogens with zero attached hydrogens (tertiary/aromatic N) is 2. The first-order valence-corrected chi connectivity index (χ1v) is 21.7. The lowest BCUT2D eigenvalue weighted by molar-refractivity contribution is -0.356. The molecule has 2 atom stereocenters. The maximum Gasteiger partial charge on any atom is 0.241 e. The van der Waals surface area contributed by atoms with Crippen molar-refractivity contribution >= 4 is 60.5 Å². The van der Waals surface area contributed by atoms with Gasteiger partial charge in [0, 0.05) is 57.1 Å². The van der Waals surface area contributed by atoms with Crippen molar-refractivity contribution in [2.45, 2.75) is 90.7 Å². The van der Waals surface area contributed by atoms with Gasteiger partial charge in [0.05, 0.1) is 18.1 Å². The van der Waals surface area contributed by atoms with Gasteiger partial charge in [-0.3, -0.25) is 4.79 Å². The average Bonchev–Trinajstić information content (AvgIpc) is 3.56. The largest absolute Gasteiger partial charge is 0.362 e. The highest BCUT2D eigenvalue weighted by Gasteiger charge is 2.44. The predicted octanol–water partition coefficient (Wildman–Crippen LogP) is 11.5. The predicted molar refractivity (Wildman–Crippen MR) is 244 cm³/mol. The minimum absolute atomic E-state index is 0.113. The van der Waals surface area contributed by atoms with Crippen LogP contribution in [0.25, 0.3) is 0 Å². The molecule has 57 heavy (non-hydrogen) atoms. The van der Waals surface area contributed by atoms with Crippen LogP contribution in [-0.4, -0.2) is 29.0 Å². The Hall–Kier alpha value is -4.28. The van der Waals surface area contributed by atoms with Crippen molar-refractivity contribution in [2.24, 2.45) is 11.7 Å². The number of nitrogens with two attached hydrogens (primary N) is 1. The van der Waals surface area contributed by atoms with Crippen LogP contribution in [0.2, 0.25) is 0 Å². The molecular formula is C48H56Br2N5O2+. The Kier molecular flexibility index (Phi) is 13.8. The van der Waals surface area contributed by atoms with Crippen molar-refractivity contribution in [1.82, 2.24) is 5.32 Å². The van der Waals surface area contributed by atoms with Crippen LogP contribution in [-0.2, 0) is 27.0 Å². The Balaban J connectivity index is 1.28. The maximum absolute atomic E-state index is 12.6. The fourth-order valence-corrected chi connectivity index (χ4v) is 8.61. The van der Waals surface area contributed by atoms with Gasteiger partial charge in [-0.05, 0) is 90.6 Å². The number of anilines is 2. The number of fused-ring (bicyclic) bond motifs is 2. The number of benzene rings is 3. The third-order valence-corrected chi connectivity index (χ3v) is 12.2. The van der Waals surface area contributed by atoms with E-state index in [-0.39, 0.29) is 22.7 Å². The topological polar surface area (TPSA) is 82.6 Å². The van der Waals surface area contributed by atoms with Gasteiger partial charge < -0.3 is 26.0 Å². The van der Waals surface area contributed by atoms with Crippen LogP contribution in [0.3, 0.4) is 0 Å². The molecule has 1 aliphatic carbocycles. The van der Waals surface area contributed by atoms with Gasteiger partial charge in [-0.15, -0.1) is 0 Å². The summed E-state index contributed by atoms with van der Waals surface area (Å²) in [6.45, 7) is 14.0. The number of rotatable bonds is 14. The third-order valence-electron chi connectivity index (χ3n) is 11.7. The lowest BCUT2D eigenvalue weighted by atomic mass is 9.81. The highest BCUT2D eigenvalue weighted by atomic mass is 79.9. The molecule has 0 radical (unpaired) electrons. The highest BCUT2D eigenvalue weighted by Crippen LogP contribution is 2.48. The summed E-state index contributed by atoms with van der Waals surface area (Å²) in [5, 5.41) is 6.66. The second-order valence-corrected chi connectivity index (χ2v) is 17.1. The molecule has 3 aromatic carbocycles. The second kappa shape index (κ2) is 18.5. The zero-order chi connectivity index (χ0) is 40.7. The molecule has 6 rings (SSSR count). The van der Waals surface area contributed by atoms with E-state index < -0.39 is 6.04 Å². The molecule has 0 saturated heterocycles. The number of amides is 1. The summed E-state index contributed by atoms with van der Waals surface area (Å²) in [6.07, 6.45) is 17.2. The molecule has 2 unspecified atom stereocenters. The molecule has 298 valence electrons. The van der Waals surface area contributed by atoms with E-state index in [2.05, 4.69) is 165 Å². The third kappa shape index (κ3) is 9.07. The fraction of sp³-hybridized carbons (Fsp3) is 0.333. The van der Waals surface area contributed by atoms with Crippen molar-refractivity contribution in [3.63, 3.8) is 0 Å². The van der Waals surface area contributed by atoms with E-state index in [1.165, 1.54) is 45.1 Å². The quantitative estimate of drug-likeness (QED) is 0.0853. The summed E-state index contributed by atoms with van der Waals surface area (Å²) in [4.78, 5) is 18.7. The van der Waals surface area contributed by atoms with Crippen LogP contribution in [0.1, 0.15) is 83.9 Å². The molecule has 3 aliphatic rings. The molecule has 1 amide bonds. The van der Waals surface area contributed by atoms with E-state index in [9.17, 15) is 4.79 Å². The summed E-state index contributed by atoms with van der Waals surface area (Å²) >= 11 is 7.08. The summed E-state index contributed by atoms with van der Waals surface area (Å²) in [6, 6.07) is 24.5. The first-order valence-electron chi connectivity index (χ1n) is 19.9. The first kappa shape index (κ1) is 42.3. The van der Waals surface area contributed by atoms with Crippen LogP contribution in [0.4, 0.5) is 17.1 Å². The zero-order valence-electron chi connectivity index (χ0n) is 34.0. The molecule has 2 aliphatic heterocycles. The Labute approximate surface area is 356 Å². The monoisotopic (exact) mass is 892 g/mol. The van der Waals surface area contributed by atoms with Gasteiger partial charge in [0.2, 0.25) is 11.6 Å². The number of carbonyl (C=O) groups excluding carboxylic acids is 1. The molecule has 7 nitrogen and oxygen atoms in total. The summed E-state index contributed by atoms with van der Waals surface area (Å²) in [5.74, 6) is -0.0514. The van der Waals surface area contributed by atoms with Gasteiger partial charge in [-0.25, -0.2) is 0 Å². The second-order valence-electron chi connectivity index (χ2n) is 16.1. The first-order chi connectivity index (χ1) is 27.4. The fourth-order valence-electron chi connectivity index (χ4n) is 8.13. The molecule has 3 aromatic rings. The number of allylic oxidation sites excluding steroid dienone is 7.